The highest BCUT2D eigenvalue weighted by Crippen LogP contribution is 2.10. The lowest BCUT2D eigenvalue weighted by Crippen LogP contribution is -2.32. The maximum Gasteiger partial charge on any atom is 0.251 e. The average Bonchev–Trinajstić information content (AvgIpc) is 2.67. The van der Waals surface area contributed by atoms with Crippen LogP contribution in [0.2, 0.25) is 0 Å². The van der Waals surface area contributed by atoms with Crippen molar-refractivity contribution in [3.63, 3.8) is 0 Å². The molecule has 0 radical (unpaired) electrons. The van der Waals surface area contributed by atoms with Crippen molar-refractivity contribution < 1.29 is 18.7 Å². The largest absolute Gasteiger partial charge is 0.492 e. The van der Waals surface area contributed by atoms with Crippen molar-refractivity contribution in [2.75, 3.05) is 26.7 Å². The molecular weight excluding hydrogens is 335 g/mol. The predicted octanol–water partition coefficient (Wildman–Crippen LogP) is 2.87. The normalized spacial score (nSPS) is 10.2. The molecule has 6 heteroatoms. The topological polar surface area (TPSA) is 58.6 Å². The summed E-state index contributed by atoms with van der Waals surface area (Å²) in [5.41, 5.74) is 0.605. The molecule has 0 saturated carbocycles. The van der Waals surface area contributed by atoms with Gasteiger partial charge in [-0.2, -0.15) is 0 Å². The Morgan fingerprint density at radius 3 is 2.46 bits per heavy atom. The molecule has 0 saturated heterocycles. The molecule has 26 heavy (non-hydrogen) atoms. The number of nitrogens with one attached hydrogen (secondary N) is 1. The van der Waals surface area contributed by atoms with Gasteiger partial charge in [0.1, 0.15) is 18.2 Å². The third-order valence-corrected chi connectivity index (χ3v) is 3.82. The Balaban J connectivity index is 1.59. The molecule has 2 aromatic rings. The summed E-state index contributed by atoms with van der Waals surface area (Å²) in [6.07, 6.45) is 0.919. The van der Waals surface area contributed by atoms with Crippen LogP contribution >= 0.6 is 0 Å². The van der Waals surface area contributed by atoms with E-state index in [0.717, 1.165) is 0 Å². The van der Waals surface area contributed by atoms with Crippen LogP contribution in [0.25, 0.3) is 0 Å². The lowest BCUT2D eigenvalue weighted by Gasteiger charge is -2.17. The third-order valence-electron chi connectivity index (χ3n) is 3.82. The maximum atomic E-state index is 12.8. The van der Waals surface area contributed by atoms with Crippen LogP contribution in [0.4, 0.5) is 4.39 Å². The van der Waals surface area contributed by atoms with Crippen molar-refractivity contribution >= 4 is 11.8 Å². The number of benzene rings is 2. The van der Waals surface area contributed by atoms with Gasteiger partial charge in [0.15, 0.2) is 0 Å². The van der Waals surface area contributed by atoms with Gasteiger partial charge in [0.2, 0.25) is 5.91 Å². The molecule has 5 nitrogen and oxygen atoms in total. The fourth-order valence-electron chi connectivity index (χ4n) is 2.28. The molecule has 0 aliphatic rings. The molecule has 2 amide bonds. The van der Waals surface area contributed by atoms with Gasteiger partial charge in [-0.05, 0) is 42.8 Å². The molecule has 0 fully saturated rings. The van der Waals surface area contributed by atoms with Crippen LogP contribution in [0.15, 0.2) is 54.6 Å². The van der Waals surface area contributed by atoms with Crippen molar-refractivity contribution in [3.8, 4) is 5.75 Å². The number of nitrogens with zero attached hydrogens (tertiary/aromatic N) is 1. The predicted molar refractivity (Wildman–Crippen MR) is 97.5 cm³/mol. The summed E-state index contributed by atoms with van der Waals surface area (Å²) in [6.45, 7) is 1.21. The van der Waals surface area contributed by atoms with E-state index in [2.05, 4.69) is 5.32 Å². The summed E-state index contributed by atoms with van der Waals surface area (Å²) in [7, 11) is 1.71. The van der Waals surface area contributed by atoms with E-state index in [4.69, 9.17) is 4.74 Å². The molecule has 0 spiro atoms. The van der Waals surface area contributed by atoms with Gasteiger partial charge in [0.05, 0.1) is 6.54 Å². The van der Waals surface area contributed by atoms with Crippen molar-refractivity contribution in [2.45, 2.75) is 12.8 Å². The van der Waals surface area contributed by atoms with E-state index in [1.807, 2.05) is 6.07 Å². The number of carbonyl (C=O) groups excluding carboxylic acids is 2. The number of ether oxygens (including phenoxy) is 1. The Morgan fingerprint density at radius 2 is 1.77 bits per heavy atom. The summed E-state index contributed by atoms with van der Waals surface area (Å²) in [5, 5.41) is 2.80. The Hall–Kier alpha value is -2.89. The fourth-order valence-corrected chi connectivity index (χ4v) is 2.28. The number of halogens is 1. The van der Waals surface area contributed by atoms with Crippen LogP contribution in [0, 0.1) is 5.82 Å². The molecule has 1 N–H and O–H groups in total. The smallest absolute Gasteiger partial charge is 0.251 e. The second-order valence-corrected chi connectivity index (χ2v) is 5.84. The third kappa shape index (κ3) is 6.55. The fraction of sp³-hybridized carbons (Fsp3) is 0.300. The minimum absolute atomic E-state index is 0.0123. The summed E-state index contributed by atoms with van der Waals surface area (Å²) in [5.74, 6) is 0.0978. The Morgan fingerprint density at radius 1 is 1.08 bits per heavy atom. The number of rotatable bonds is 9. The number of amides is 2. The lowest BCUT2D eigenvalue weighted by atomic mass is 10.2. The Kier molecular flexibility index (Phi) is 7.61. The number of hydrogen-bond donors (Lipinski definition) is 1. The number of carbonyl (C=O) groups is 2. The highest BCUT2D eigenvalue weighted by atomic mass is 19.1. The molecule has 0 aliphatic carbocycles. The van der Waals surface area contributed by atoms with E-state index in [9.17, 15) is 14.0 Å². The van der Waals surface area contributed by atoms with Crippen LogP contribution in [0.5, 0.6) is 5.75 Å². The van der Waals surface area contributed by atoms with Crippen LogP contribution in [-0.2, 0) is 4.79 Å². The zero-order valence-electron chi connectivity index (χ0n) is 14.8. The van der Waals surface area contributed by atoms with E-state index in [1.54, 1.807) is 48.3 Å². The first-order valence-corrected chi connectivity index (χ1v) is 8.52. The zero-order chi connectivity index (χ0) is 18.8. The first-order valence-electron chi connectivity index (χ1n) is 8.52. The molecule has 0 unspecified atom stereocenters. The monoisotopic (exact) mass is 358 g/mol. The van der Waals surface area contributed by atoms with Crippen molar-refractivity contribution in [1.29, 1.82) is 0 Å². The van der Waals surface area contributed by atoms with Crippen molar-refractivity contribution in [1.82, 2.24) is 10.2 Å². The summed E-state index contributed by atoms with van der Waals surface area (Å²) in [6, 6.07) is 14.7. The van der Waals surface area contributed by atoms with E-state index in [0.29, 0.717) is 43.9 Å². The lowest BCUT2D eigenvalue weighted by molar-refractivity contribution is -0.130. The zero-order valence-corrected chi connectivity index (χ0v) is 14.8. The molecule has 2 rings (SSSR count). The van der Waals surface area contributed by atoms with Gasteiger partial charge in [0.25, 0.3) is 5.91 Å². The van der Waals surface area contributed by atoms with Gasteiger partial charge in [-0.1, -0.05) is 18.2 Å². The minimum atomic E-state index is -0.316. The molecule has 138 valence electrons. The standard InChI is InChI=1S/C20H23FN2O3/c1-23(14-15-26-18-11-9-17(21)10-12-18)19(24)8-5-13-22-20(25)16-6-3-2-4-7-16/h2-4,6-7,9-12H,5,8,13-15H2,1H3,(H,22,25). The van der Waals surface area contributed by atoms with Crippen LogP contribution in [0.1, 0.15) is 23.2 Å². The molecule has 0 aliphatic heterocycles. The highest BCUT2D eigenvalue weighted by molar-refractivity contribution is 5.94. The quantitative estimate of drug-likeness (QED) is 0.701. The average molecular weight is 358 g/mol. The summed E-state index contributed by atoms with van der Waals surface area (Å²) < 4.78 is 18.3. The van der Waals surface area contributed by atoms with Gasteiger partial charge >= 0.3 is 0 Å². The van der Waals surface area contributed by atoms with E-state index in [1.165, 1.54) is 12.1 Å². The van der Waals surface area contributed by atoms with Crippen LogP contribution in [0.3, 0.4) is 0 Å². The number of likely N-dealkylation sites (N-methyl/N-ethyl adjacent to an activating group) is 1. The molecule has 0 atom stereocenters. The van der Waals surface area contributed by atoms with E-state index < -0.39 is 0 Å². The van der Waals surface area contributed by atoms with Crippen LogP contribution < -0.4 is 10.1 Å². The van der Waals surface area contributed by atoms with E-state index in [-0.39, 0.29) is 17.6 Å². The summed E-state index contributed by atoms with van der Waals surface area (Å²) >= 11 is 0. The van der Waals surface area contributed by atoms with Gasteiger partial charge < -0.3 is 15.0 Å². The second-order valence-electron chi connectivity index (χ2n) is 5.84. The van der Waals surface area contributed by atoms with Crippen LogP contribution in [-0.4, -0.2) is 43.5 Å². The van der Waals surface area contributed by atoms with Gasteiger partial charge in [-0.15, -0.1) is 0 Å². The van der Waals surface area contributed by atoms with Gasteiger partial charge in [-0.3, -0.25) is 9.59 Å². The van der Waals surface area contributed by atoms with Crippen molar-refractivity contribution in [2.24, 2.45) is 0 Å². The number of hydrogen-bond acceptors (Lipinski definition) is 3. The molecule has 0 aromatic heterocycles. The van der Waals surface area contributed by atoms with E-state index >= 15 is 0 Å². The summed E-state index contributed by atoms with van der Waals surface area (Å²) in [4.78, 5) is 25.5. The highest BCUT2D eigenvalue weighted by Gasteiger charge is 2.09. The molecule has 0 heterocycles. The first kappa shape index (κ1) is 19.4. The molecule has 2 aromatic carbocycles. The van der Waals surface area contributed by atoms with Crippen molar-refractivity contribution in [3.05, 3.63) is 66.0 Å². The molecular formula is C20H23FN2O3. The minimum Gasteiger partial charge on any atom is -0.492 e. The SMILES string of the molecule is CN(CCOc1ccc(F)cc1)C(=O)CCCNC(=O)c1ccccc1. The molecule has 0 bridgehead atoms. The second kappa shape index (κ2) is 10.2. The van der Waals surface area contributed by atoms with Gasteiger partial charge in [-0.25, -0.2) is 4.39 Å². The maximum absolute atomic E-state index is 12.8. The van der Waals surface area contributed by atoms with Gasteiger partial charge in [0, 0.05) is 25.6 Å². The Labute approximate surface area is 152 Å². The Bertz CT molecular complexity index is 705. The first-order chi connectivity index (χ1) is 12.6.